The summed E-state index contributed by atoms with van der Waals surface area (Å²) < 4.78 is 26.0. The zero-order valence-electron chi connectivity index (χ0n) is 9.46. The van der Waals surface area contributed by atoms with Crippen LogP contribution in [0.2, 0.25) is 0 Å². The summed E-state index contributed by atoms with van der Waals surface area (Å²) in [6.07, 6.45) is 0. The Labute approximate surface area is 96.9 Å². The molecule has 90 valence electrons. The van der Waals surface area contributed by atoms with E-state index in [1.807, 2.05) is 13.8 Å². The molecule has 0 saturated heterocycles. The molecule has 1 aromatic heterocycles. The van der Waals surface area contributed by atoms with E-state index in [2.05, 4.69) is 15.2 Å². The number of benzene rings is 1. The van der Waals surface area contributed by atoms with Crippen molar-refractivity contribution in [3.63, 3.8) is 0 Å². The van der Waals surface area contributed by atoms with Crippen LogP contribution in [0, 0.1) is 11.6 Å². The van der Waals surface area contributed by atoms with Crippen molar-refractivity contribution in [2.75, 3.05) is 5.73 Å². The number of hydrogen-bond acceptors (Lipinski definition) is 3. The Hall–Kier alpha value is -1.98. The van der Waals surface area contributed by atoms with Gasteiger partial charge in [0.05, 0.1) is 0 Å². The number of aromatic nitrogens is 3. The van der Waals surface area contributed by atoms with Crippen molar-refractivity contribution in [3.05, 3.63) is 29.6 Å². The Morgan fingerprint density at radius 2 is 1.88 bits per heavy atom. The second-order valence-electron chi connectivity index (χ2n) is 4.05. The molecule has 0 radical (unpaired) electrons. The van der Waals surface area contributed by atoms with E-state index in [1.165, 1.54) is 0 Å². The van der Waals surface area contributed by atoms with Gasteiger partial charge in [-0.15, -0.1) is 0 Å². The Kier molecular flexibility index (Phi) is 2.79. The minimum Gasteiger partial charge on any atom is -0.398 e. The quantitative estimate of drug-likeness (QED) is 0.790. The monoisotopic (exact) mass is 238 g/mol. The average Bonchev–Trinajstić information content (AvgIpc) is 2.72. The molecule has 4 nitrogen and oxygen atoms in total. The van der Waals surface area contributed by atoms with Crippen LogP contribution in [-0.4, -0.2) is 15.2 Å². The molecule has 0 aliphatic rings. The van der Waals surface area contributed by atoms with Crippen LogP contribution >= 0.6 is 0 Å². The molecule has 1 aromatic carbocycles. The number of rotatable bonds is 2. The third kappa shape index (κ3) is 2.11. The zero-order valence-corrected chi connectivity index (χ0v) is 9.46. The molecular formula is C11H12F2N4. The van der Waals surface area contributed by atoms with Crippen LogP contribution in [0.5, 0.6) is 0 Å². The summed E-state index contributed by atoms with van der Waals surface area (Å²) in [6.45, 7) is 3.89. The number of aromatic amines is 1. The van der Waals surface area contributed by atoms with Crippen molar-refractivity contribution in [2.24, 2.45) is 0 Å². The molecule has 0 atom stereocenters. The van der Waals surface area contributed by atoms with E-state index >= 15 is 0 Å². The van der Waals surface area contributed by atoms with Crippen LogP contribution < -0.4 is 5.73 Å². The van der Waals surface area contributed by atoms with Gasteiger partial charge in [-0.05, 0) is 6.07 Å². The summed E-state index contributed by atoms with van der Waals surface area (Å²) >= 11 is 0. The lowest BCUT2D eigenvalue weighted by Crippen LogP contribution is -1.96. The van der Waals surface area contributed by atoms with E-state index in [-0.39, 0.29) is 23.0 Å². The third-order valence-electron chi connectivity index (χ3n) is 2.38. The molecule has 0 aliphatic carbocycles. The van der Waals surface area contributed by atoms with Crippen molar-refractivity contribution < 1.29 is 8.78 Å². The van der Waals surface area contributed by atoms with Crippen LogP contribution in [0.25, 0.3) is 11.4 Å². The van der Waals surface area contributed by atoms with Gasteiger partial charge in [-0.1, -0.05) is 13.8 Å². The minimum absolute atomic E-state index is 0.109. The number of halogens is 2. The maximum absolute atomic E-state index is 13.1. The van der Waals surface area contributed by atoms with E-state index in [4.69, 9.17) is 5.73 Å². The van der Waals surface area contributed by atoms with Gasteiger partial charge in [-0.3, -0.25) is 5.10 Å². The summed E-state index contributed by atoms with van der Waals surface area (Å²) in [5, 5.41) is 6.67. The first-order chi connectivity index (χ1) is 7.99. The first-order valence-electron chi connectivity index (χ1n) is 5.16. The van der Waals surface area contributed by atoms with Crippen LogP contribution in [-0.2, 0) is 0 Å². The van der Waals surface area contributed by atoms with Crippen molar-refractivity contribution in [2.45, 2.75) is 19.8 Å². The summed E-state index contributed by atoms with van der Waals surface area (Å²) in [6, 6.07) is 1.92. The van der Waals surface area contributed by atoms with Crippen molar-refractivity contribution in [1.82, 2.24) is 15.2 Å². The van der Waals surface area contributed by atoms with Crippen LogP contribution in [0.3, 0.4) is 0 Å². The molecular weight excluding hydrogens is 226 g/mol. The van der Waals surface area contributed by atoms with Gasteiger partial charge in [0.15, 0.2) is 17.5 Å². The lowest BCUT2D eigenvalue weighted by molar-refractivity contribution is 0.509. The van der Waals surface area contributed by atoms with Gasteiger partial charge in [0.1, 0.15) is 5.82 Å². The lowest BCUT2D eigenvalue weighted by Gasteiger charge is -2.02. The van der Waals surface area contributed by atoms with Crippen molar-refractivity contribution in [3.8, 4) is 11.4 Å². The van der Waals surface area contributed by atoms with Crippen LogP contribution in [0.15, 0.2) is 12.1 Å². The zero-order chi connectivity index (χ0) is 12.6. The topological polar surface area (TPSA) is 67.6 Å². The fourth-order valence-corrected chi connectivity index (χ4v) is 1.41. The highest BCUT2D eigenvalue weighted by Gasteiger charge is 2.14. The third-order valence-corrected chi connectivity index (χ3v) is 2.38. The Bertz CT molecular complexity index is 548. The van der Waals surface area contributed by atoms with Gasteiger partial charge < -0.3 is 5.73 Å². The summed E-state index contributed by atoms with van der Waals surface area (Å²) in [5.41, 5.74) is 6.00. The van der Waals surface area contributed by atoms with E-state index < -0.39 is 11.6 Å². The predicted octanol–water partition coefficient (Wildman–Crippen LogP) is 2.46. The number of nitrogens with zero attached hydrogens (tertiary/aromatic N) is 2. The van der Waals surface area contributed by atoms with Crippen molar-refractivity contribution >= 4 is 5.69 Å². The summed E-state index contributed by atoms with van der Waals surface area (Å²) in [5.74, 6) is -0.840. The highest BCUT2D eigenvalue weighted by molar-refractivity contribution is 5.71. The van der Waals surface area contributed by atoms with Gasteiger partial charge in [0.25, 0.3) is 0 Å². The molecule has 0 fully saturated rings. The molecule has 0 bridgehead atoms. The van der Waals surface area contributed by atoms with Crippen LogP contribution in [0.1, 0.15) is 25.6 Å². The molecule has 2 rings (SSSR count). The molecule has 2 aromatic rings. The van der Waals surface area contributed by atoms with E-state index in [9.17, 15) is 8.78 Å². The van der Waals surface area contributed by atoms with E-state index in [0.29, 0.717) is 5.82 Å². The second kappa shape index (κ2) is 4.12. The highest BCUT2D eigenvalue weighted by Crippen LogP contribution is 2.26. The largest absolute Gasteiger partial charge is 0.398 e. The Morgan fingerprint density at radius 1 is 1.24 bits per heavy atom. The molecule has 0 spiro atoms. The van der Waals surface area contributed by atoms with Gasteiger partial charge in [0, 0.05) is 23.2 Å². The van der Waals surface area contributed by atoms with Gasteiger partial charge in [-0.2, -0.15) is 5.10 Å². The molecule has 17 heavy (non-hydrogen) atoms. The SMILES string of the molecule is CC(C)c1nc(-c2cc(F)c(F)cc2N)n[nH]1. The van der Waals surface area contributed by atoms with Crippen molar-refractivity contribution in [1.29, 1.82) is 0 Å². The van der Waals surface area contributed by atoms with Gasteiger partial charge in [-0.25, -0.2) is 13.8 Å². The number of nitrogens with two attached hydrogens (primary N) is 1. The average molecular weight is 238 g/mol. The number of H-pyrrole nitrogens is 1. The molecule has 3 N–H and O–H groups in total. The Balaban J connectivity index is 2.49. The Morgan fingerprint density at radius 3 is 2.47 bits per heavy atom. The second-order valence-corrected chi connectivity index (χ2v) is 4.05. The number of anilines is 1. The minimum atomic E-state index is -0.981. The molecule has 1 heterocycles. The fraction of sp³-hybridized carbons (Fsp3) is 0.273. The van der Waals surface area contributed by atoms with E-state index in [0.717, 1.165) is 12.1 Å². The number of hydrogen-bond donors (Lipinski definition) is 2. The summed E-state index contributed by atoms with van der Waals surface area (Å²) in [4.78, 5) is 4.18. The lowest BCUT2D eigenvalue weighted by atomic mass is 10.1. The maximum Gasteiger partial charge on any atom is 0.183 e. The molecule has 6 heteroatoms. The highest BCUT2D eigenvalue weighted by atomic mass is 19.2. The van der Waals surface area contributed by atoms with Gasteiger partial charge >= 0.3 is 0 Å². The van der Waals surface area contributed by atoms with Crippen LogP contribution in [0.4, 0.5) is 14.5 Å². The number of nitrogens with one attached hydrogen (secondary N) is 1. The predicted molar refractivity (Wildman–Crippen MR) is 60.2 cm³/mol. The molecule has 0 aliphatic heterocycles. The maximum atomic E-state index is 13.1. The first kappa shape index (κ1) is 11.5. The van der Waals surface area contributed by atoms with Gasteiger partial charge in [0.2, 0.25) is 0 Å². The standard InChI is InChI=1S/C11H12F2N4/c1-5(2)10-15-11(17-16-10)6-3-7(12)8(13)4-9(6)14/h3-5H,14H2,1-2H3,(H,15,16,17). The number of nitrogen functional groups attached to an aromatic ring is 1. The summed E-state index contributed by atoms with van der Waals surface area (Å²) in [7, 11) is 0. The molecule has 0 saturated carbocycles. The smallest absolute Gasteiger partial charge is 0.183 e. The fourth-order valence-electron chi connectivity index (χ4n) is 1.41. The molecule has 0 amide bonds. The molecule has 0 unspecified atom stereocenters. The van der Waals surface area contributed by atoms with E-state index in [1.54, 1.807) is 0 Å². The first-order valence-corrected chi connectivity index (χ1v) is 5.16. The normalized spacial score (nSPS) is 11.1.